The Kier molecular flexibility index (Phi) is 6.74. The normalized spacial score (nSPS) is 18.9. The molecule has 0 amide bonds. The van der Waals surface area contributed by atoms with Crippen LogP contribution in [0.5, 0.6) is 0 Å². The van der Waals surface area contributed by atoms with E-state index in [-0.39, 0.29) is 0 Å². The van der Waals surface area contributed by atoms with Gasteiger partial charge in [0.1, 0.15) is 0 Å². The van der Waals surface area contributed by atoms with Crippen molar-refractivity contribution in [1.82, 2.24) is 0 Å². The lowest BCUT2D eigenvalue weighted by Crippen LogP contribution is -2.48. The summed E-state index contributed by atoms with van der Waals surface area (Å²) in [6.45, 7) is 10.2. The third-order valence-electron chi connectivity index (χ3n) is 3.66. The molecule has 3 heteroatoms. The van der Waals surface area contributed by atoms with Gasteiger partial charge in [-0.1, -0.05) is 46.0 Å². The van der Waals surface area contributed by atoms with E-state index in [1.54, 1.807) is 0 Å². The van der Waals surface area contributed by atoms with E-state index in [9.17, 15) is 0 Å². The second-order valence-electron chi connectivity index (χ2n) is 5.31. The maximum Gasteiger partial charge on any atom is 0.344 e. The van der Waals surface area contributed by atoms with Crippen LogP contribution in [-0.2, 0) is 8.85 Å². The van der Waals surface area contributed by atoms with Gasteiger partial charge in [0.15, 0.2) is 0 Å². The van der Waals surface area contributed by atoms with Gasteiger partial charge in [-0.05, 0) is 25.3 Å². The Balaban J connectivity index is 2.65. The van der Waals surface area contributed by atoms with Crippen molar-refractivity contribution in [3.8, 4) is 0 Å². The summed E-state index contributed by atoms with van der Waals surface area (Å²) in [5, 5.41) is 0. The van der Waals surface area contributed by atoms with E-state index in [1.807, 2.05) is 0 Å². The Morgan fingerprint density at radius 2 is 1.59 bits per heavy atom. The fraction of sp³-hybridized carbons (Fsp3) is 0.929. The monoisotopic (exact) mass is 257 g/mol. The number of rotatable bonds is 7. The highest BCUT2D eigenvalue weighted by Gasteiger charge is 2.43. The van der Waals surface area contributed by atoms with E-state index in [4.69, 9.17) is 8.85 Å². The van der Waals surface area contributed by atoms with Crippen LogP contribution >= 0.6 is 0 Å². The van der Waals surface area contributed by atoms with Crippen molar-refractivity contribution < 1.29 is 8.85 Å². The van der Waals surface area contributed by atoms with Gasteiger partial charge in [-0.3, -0.25) is 0 Å². The van der Waals surface area contributed by atoms with Crippen LogP contribution in [-0.4, -0.2) is 21.8 Å². The molecule has 0 atom stereocenters. The summed E-state index contributed by atoms with van der Waals surface area (Å²) in [6.07, 6.45) is 6.83. The van der Waals surface area contributed by atoms with E-state index < -0.39 is 8.56 Å². The third-order valence-corrected chi connectivity index (χ3v) is 7.69. The molecule has 0 aromatic carbocycles. The summed E-state index contributed by atoms with van der Waals surface area (Å²) in [7, 11) is -2.09. The van der Waals surface area contributed by atoms with Gasteiger partial charge < -0.3 is 8.85 Å². The molecule has 1 aliphatic rings. The van der Waals surface area contributed by atoms with E-state index in [2.05, 4.69) is 33.7 Å². The van der Waals surface area contributed by atoms with E-state index in [0.29, 0.717) is 5.54 Å². The largest absolute Gasteiger partial charge is 0.394 e. The third kappa shape index (κ3) is 4.38. The van der Waals surface area contributed by atoms with Gasteiger partial charge in [0.25, 0.3) is 0 Å². The van der Waals surface area contributed by atoms with Gasteiger partial charge in [-0.15, -0.1) is 0 Å². The second-order valence-corrected chi connectivity index (χ2v) is 8.82. The van der Waals surface area contributed by atoms with Crippen LogP contribution in [0.15, 0.2) is 0 Å². The van der Waals surface area contributed by atoms with Gasteiger partial charge >= 0.3 is 8.56 Å². The molecule has 17 heavy (non-hydrogen) atoms. The Labute approximate surface area is 108 Å². The van der Waals surface area contributed by atoms with Crippen LogP contribution in [0.2, 0.25) is 5.54 Å². The first kappa shape index (κ1) is 15.2. The molecule has 1 aliphatic carbocycles. The summed E-state index contributed by atoms with van der Waals surface area (Å²) < 4.78 is 12.2. The maximum absolute atomic E-state index is 6.10. The molecule has 1 rings (SSSR count). The van der Waals surface area contributed by atoms with Crippen LogP contribution in [0.4, 0.5) is 0 Å². The molecule has 0 bridgehead atoms. The highest BCUT2D eigenvalue weighted by Crippen LogP contribution is 2.35. The zero-order valence-electron chi connectivity index (χ0n) is 12.0. The molecule has 0 saturated heterocycles. The zero-order valence-corrected chi connectivity index (χ0v) is 13.0. The quantitative estimate of drug-likeness (QED) is 0.635. The fourth-order valence-corrected chi connectivity index (χ4v) is 5.96. The van der Waals surface area contributed by atoms with Crippen LogP contribution in [0, 0.1) is 12.0 Å². The van der Waals surface area contributed by atoms with Crippen molar-refractivity contribution in [2.24, 2.45) is 5.92 Å². The summed E-state index contributed by atoms with van der Waals surface area (Å²) in [4.78, 5) is 0. The minimum atomic E-state index is -2.09. The Bertz CT molecular complexity index is 194. The number of hydrogen-bond acceptors (Lipinski definition) is 2. The van der Waals surface area contributed by atoms with E-state index in [0.717, 1.165) is 19.1 Å². The molecule has 0 heterocycles. The molecule has 0 aromatic heterocycles. The second kappa shape index (κ2) is 7.55. The zero-order chi connectivity index (χ0) is 12.7. The Hall–Kier alpha value is 0.137. The lowest BCUT2D eigenvalue weighted by atomic mass is 9.91. The summed E-state index contributed by atoms with van der Waals surface area (Å²) in [5.41, 5.74) is 0.504. The van der Waals surface area contributed by atoms with Gasteiger partial charge in [-0.25, -0.2) is 0 Å². The topological polar surface area (TPSA) is 18.5 Å². The van der Waals surface area contributed by atoms with Crippen LogP contribution in [0.1, 0.15) is 59.8 Å². The Morgan fingerprint density at radius 1 is 1.06 bits per heavy atom. The fourth-order valence-electron chi connectivity index (χ4n) is 2.74. The average Bonchev–Trinajstić information content (AvgIpc) is 2.30. The summed E-state index contributed by atoms with van der Waals surface area (Å²) in [5.74, 6) is 0.732. The first-order chi connectivity index (χ1) is 8.14. The van der Waals surface area contributed by atoms with Crippen molar-refractivity contribution in [2.75, 3.05) is 13.2 Å². The molecular weight excluding hydrogens is 228 g/mol. The highest BCUT2D eigenvalue weighted by atomic mass is 28.4. The molecule has 0 N–H and O–H groups in total. The highest BCUT2D eigenvalue weighted by molar-refractivity contribution is 6.72. The van der Waals surface area contributed by atoms with Crippen molar-refractivity contribution in [2.45, 2.75) is 65.3 Å². The molecule has 1 saturated carbocycles. The standard InChI is InChI=1S/C14H29O2Si/c1-5-15-17(13(3)4,16-6-2)12-14-10-8-7-9-11-14/h12-14H,5-11H2,1-4H3. The molecule has 2 nitrogen and oxygen atoms in total. The predicted molar refractivity (Wildman–Crippen MR) is 75.0 cm³/mol. The number of hydrogen-bond donors (Lipinski definition) is 0. The van der Waals surface area contributed by atoms with Gasteiger partial charge in [0, 0.05) is 19.3 Å². The van der Waals surface area contributed by atoms with Gasteiger partial charge in [-0.2, -0.15) is 0 Å². The first-order valence-corrected chi connectivity index (χ1v) is 9.25. The SMILES string of the molecule is CCO[Si]([CH]C1CCCCC1)(OCC)C(C)C. The van der Waals surface area contributed by atoms with Crippen LogP contribution in [0.25, 0.3) is 0 Å². The average molecular weight is 257 g/mol. The van der Waals surface area contributed by atoms with Gasteiger partial charge in [0.2, 0.25) is 0 Å². The minimum Gasteiger partial charge on any atom is -0.394 e. The van der Waals surface area contributed by atoms with Crippen LogP contribution < -0.4 is 0 Å². The predicted octanol–water partition coefficient (Wildman–Crippen LogP) is 4.24. The summed E-state index contributed by atoms with van der Waals surface area (Å²) in [6, 6.07) is 2.49. The lowest BCUT2D eigenvalue weighted by molar-refractivity contribution is 0.176. The molecular formula is C14H29O2Si. The first-order valence-electron chi connectivity index (χ1n) is 7.28. The van der Waals surface area contributed by atoms with Crippen molar-refractivity contribution in [3.05, 3.63) is 6.04 Å². The Morgan fingerprint density at radius 3 is 2.00 bits per heavy atom. The van der Waals surface area contributed by atoms with Crippen LogP contribution in [0.3, 0.4) is 0 Å². The van der Waals surface area contributed by atoms with Crippen molar-refractivity contribution >= 4 is 8.56 Å². The molecule has 0 aromatic rings. The molecule has 0 spiro atoms. The molecule has 1 radical (unpaired) electrons. The van der Waals surface area contributed by atoms with E-state index in [1.165, 1.54) is 32.1 Å². The van der Waals surface area contributed by atoms with E-state index >= 15 is 0 Å². The molecule has 101 valence electrons. The lowest BCUT2D eigenvalue weighted by Gasteiger charge is -2.37. The smallest absolute Gasteiger partial charge is 0.344 e. The summed E-state index contributed by atoms with van der Waals surface area (Å²) >= 11 is 0. The molecule has 1 fully saturated rings. The van der Waals surface area contributed by atoms with Crippen molar-refractivity contribution in [1.29, 1.82) is 0 Å². The van der Waals surface area contributed by atoms with Gasteiger partial charge in [0.05, 0.1) is 0 Å². The maximum atomic E-state index is 6.10. The minimum absolute atomic E-state index is 0.504. The molecule has 0 unspecified atom stereocenters. The van der Waals surface area contributed by atoms with Crippen molar-refractivity contribution in [3.63, 3.8) is 0 Å². The molecule has 0 aliphatic heterocycles.